The molecule has 0 saturated carbocycles. The first-order valence-electron chi connectivity index (χ1n) is 5.75. The third kappa shape index (κ3) is 2.37. The van der Waals surface area contributed by atoms with Gasteiger partial charge in [-0.1, -0.05) is 6.07 Å². The molecule has 0 radical (unpaired) electrons. The molecular formula is C12H13F3N2O2. The van der Waals surface area contributed by atoms with E-state index in [4.69, 9.17) is 4.42 Å². The summed E-state index contributed by atoms with van der Waals surface area (Å²) in [6.45, 7) is 2.16. The zero-order valence-corrected chi connectivity index (χ0v) is 10.4. The largest absolute Gasteiger partial charge is 0.419 e. The predicted molar refractivity (Wildman–Crippen MR) is 64.0 cm³/mol. The summed E-state index contributed by atoms with van der Waals surface area (Å²) >= 11 is 0. The number of hydrogen-bond acceptors (Lipinski definition) is 3. The Morgan fingerprint density at radius 1 is 1.42 bits per heavy atom. The molecule has 19 heavy (non-hydrogen) atoms. The Bertz CT molecular complexity index is 642. The van der Waals surface area contributed by atoms with Gasteiger partial charge in [0.1, 0.15) is 6.04 Å². The molecular weight excluding hydrogens is 261 g/mol. The number of oxazole rings is 1. The van der Waals surface area contributed by atoms with Crippen LogP contribution in [0.5, 0.6) is 0 Å². The minimum atomic E-state index is -4.41. The van der Waals surface area contributed by atoms with Crippen molar-refractivity contribution in [3.05, 3.63) is 34.3 Å². The van der Waals surface area contributed by atoms with Gasteiger partial charge in [-0.25, -0.2) is 4.79 Å². The van der Waals surface area contributed by atoms with E-state index in [9.17, 15) is 18.0 Å². The fourth-order valence-corrected chi connectivity index (χ4v) is 2.08. The SMILES string of the molecule is CCn1c(=O)oc2cc(C(NC)C(F)(F)F)ccc21. The van der Waals surface area contributed by atoms with Crippen molar-refractivity contribution in [3.63, 3.8) is 0 Å². The van der Waals surface area contributed by atoms with Gasteiger partial charge < -0.3 is 9.73 Å². The molecule has 0 spiro atoms. The highest BCUT2D eigenvalue weighted by molar-refractivity contribution is 5.74. The van der Waals surface area contributed by atoms with E-state index < -0.39 is 18.0 Å². The molecule has 1 aromatic heterocycles. The molecule has 2 aromatic rings. The first-order chi connectivity index (χ1) is 8.88. The van der Waals surface area contributed by atoms with E-state index >= 15 is 0 Å². The Morgan fingerprint density at radius 3 is 2.63 bits per heavy atom. The van der Waals surface area contributed by atoms with Crippen molar-refractivity contribution in [1.29, 1.82) is 0 Å². The fourth-order valence-electron chi connectivity index (χ4n) is 2.08. The summed E-state index contributed by atoms with van der Waals surface area (Å²) in [7, 11) is 1.23. The van der Waals surface area contributed by atoms with Crippen LogP contribution in [0, 0.1) is 0 Å². The van der Waals surface area contributed by atoms with E-state index in [1.165, 1.54) is 29.8 Å². The van der Waals surface area contributed by atoms with Crippen LogP contribution in [0.15, 0.2) is 27.4 Å². The highest BCUT2D eigenvalue weighted by atomic mass is 19.4. The molecule has 104 valence electrons. The molecule has 0 aliphatic heterocycles. The van der Waals surface area contributed by atoms with Crippen LogP contribution in [0.1, 0.15) is 18.5 Å². The first kappa shape index (κ1) is 13.7. The number of alkyl halides is 3. The molecule has 1 aromatic carbocycles. The highest BCUT2D eigenvalue weighted by Gasteiger charge is 2.39. The average molecular weight is 274 g/mol. The maximum Gasteiger partial charge on any atom is 0.419 e. The van der Waals surface area contributed by atoms with Crippen LogP contribution in [0.2, 0.25) is 0 Å². The summed E-state index contributed by atoms with van der Waals surface area (Å²) in [6.07, 6.45) is -4.41. The number of nitrogens with one attached hydrogen (secondary N) is 1. The number of hydrogen-bond donors (Lipinski definition) is 1. The molecule has 1 unspecified atom stereocenters. The van der Waals surface area contributed by atoms with E-state index in [0.29, 0.717) is 12.1 Å². The molecule has 1 N–H and O–H groups in total. The summed E-state index contributed by atoms with van der Waals surface area (Å²) in [5, 5.41) is 2.21. The molecule has 4 nitrogen and oxygen atoms in total. The zero-order valence-electron chi connectivity index (χ0n) is 10.4. The van der Waals surface area contributed by atoms with Crippen molar-refractivity contribution in [2.24, 2.45) is 0 Å². The molecule has 1 heterocycles. The van der Waals surface area contributed by atoms with Crippen LogP contribution < -0.4 is 11.1 Å². The molecule has 1 atom stereocenters. The number of halogens is 3. The lowest BCUT2D eigenvalue weighted by atomic mass is 10.1. The summed E-state index contributed by atoms with van der Waals surface area (Å²) in [5.74, 6) is -0.567. The topological polar surface area (TPSA) is 47.2 Å². The first-order valence-corrected chi connectivity index (χ1v) is 5.75. The zero-order chi connectivity index (χ0) is 14.2. The van der Waals surface area contributed by atoms with Gasteiger partial charge in [-0.15, -0.1) is 0 Å². The van der Waals surface area contributed by atoms with E-state index in [2.05, 4.69) is 5.32 Å². The molecule has 2 rings (SSSR count). The van der Waals surface area contributed by atoms with E-state index in [1.54, 1.807) is 6.92 Å². The summed E-state index contributed by atoms with van der Waals surface area (Å²) in [4.78, 5) is 11.5. The van der Waals surface area contributed by atoms with Crippen molar-refractivity contribution >= 4 is 11.1 Å². The van der Waals surface area contributed by atoms with E-state index in [-0.39, 0.29) is 11.1 Å². The van der Waals surface area contributed by atoms with Gasteiger partial charge in [0.05, 0.1) is 5.52 Å². The Kier molecular flexibility index (Phi) is 3.40. The quantitative estimate of drug-likeness (QED) is 0.935. The van der Waals surface area contributed by atoms with Gasteiger partial charge >= 0.3 is 11.9 Å². The predicted octanol–water partition coefficient (Wildman–Crippen LogP) is 2.44. The summed E-state index contributed by atoms with van der Waals surface area (Å²) in [6, 6.07) is 2.28. The maximum atomic E-state index is 12.8. The van der Waals surface area contributed by atoms with Crippen molar-refractivity contribution in [2.75, 3.05) is 7.05 Å². The smallest absolute Gasteiger partial charge is 0.408 e. The normalized spacial score (nSPS) is 13.9. The monoisotopic (exact) mass is 274 g/mol. The molecule has 0 saturated heterocycles. The van der Waals surface area contributed by atoms with Gasteiger partial charge in [0.2, 0.25) is 0 Å². The maximum absolute atomic E-state index is 12.8. The number of aryl methyl sites for hydroxylation is 1. The third-order valence-corrected chi connectivity index (χ3v) is 2.96. The second-order valence-electron chi connectivity index (χ2n) is 4.10. The lowest BCUT2D eigenvalue weighted by molar-refractivity contribution is -0.156. The Hall–Kier alpha value is -1.76. The number of rotatable bonds is 3. The lowest BCUT2D eigenvalue weighted by Crippen LogP contribution is -2.31. The Labute approximate surface area is 106 Å². The standard InChI is InChI=1S/C12H13F3N2O2/c1-3-17-8-5-4-7(6-9(8)19-11(17)18)10(16-2)12(13,14)15/h4-6,10,16H,3H2,1-2H3. The van der Waals surface area contributed by atoms with Crippen LogP contribution in [0.4, 0.5) is 13.2 Å². The van der Waals surface area contributed by atoms with Crippen molar-refractivity contribution < 1.29 is 17.6 Å². The molecule has 0 fully saturated rings. The van der Waals surface area contributed by atoms with Gasteiger partial charge in [0, 0.05) is 6.54 Å². The van der Waals surface area contributed by atoms with Gasteiger partial charge in [-0.2, -0.15) is 13.2 Å². The Morgan fingerprint density at radius 2 is 2.11 bits per heavy atom. The van der Waals surface area contributed by atoms with Crippen molar-refractivity contribution in [3.8, 4) is 0 Å². The van der Waals surface area contributed by atoms with E-state index in [1.807, 2.05) is 0 Å². The molecule has 0 aliphatic carbocycles. The lowest BCUT2D eigenvalue weighted by Gasteiger charge is -2.19. The van der Waals surface area contributed by atoms with Gasteiger partial charge in [0.25, 0.3) is 0 Å². The molecule has 0 bridgehead atoms. The second-order valence-corrected chi connectivity index (χ2v) is 4.10. The van der Waals surface area contributed by atoms with Gasteiger partial charge in [-0.05, 0) is 31.7 Å². The van der Waals surface area contributed by atoms with Crippen LogP contribution in [-0.2, 0) is 6.54 Å². The highest BCUT2D eigenvalue weighted by Crippen LogP contribution is 2.33. The van der Waals surface area contributed by atoms with Crippen LogP contribution in [0.3, 0.4) is 0 Å². The van der Waals surface area contributed by atoms with Crippen LogP contribution in [-0.4, -0.2) is 17.8 Å². The van der Waals surface area contributed by atoms with Crippen molar-refractivity contribution in [2.45, 2.75) is 25.7 Å². The molecule has 0 aliphatic rings. The number of benzene rings is 1. The summed E-state index contributed by atoms with van der Waals surface area (Å²) < 4.78 is 44.7. The fraction of sp³-hybridized carbons (Fsp3) is 0.417. The van der Waals surface area contributed by atoms with E-state index in [0.717, 1.165) is 0 Å². The number of fused-ring (bicyclic) bond motifs is 1. The molecule has 0 amide bonds. The minimum Gasteiger partial charge on any atom is -0.408 e. The summed E-state index contributed by atoms with van der Waals surface area (Å²) in [5.41, 5.74) is 0.668. The minimum absolute atomic E-state index is 0.0134. The van der Waals surface area contributed by atoms with Gasteiger partial charge in [-0.3, -0.25) is 4.57 Å². The Balaban J connectivity index is 2.56. The number of aromatic nitrogens is 1. The average Bonchev–Trinajstić information content (AvgIpc) is 2.62. The van der Waals surface area contributed by atoms with Crippen molar-refractivity contribution in [1.82, 2.24) is 9.88 Å². The number of nitrogens with zero attached hydrogens (tertiary/aromatic N) is 1. The van der Waals surface area contributed by atoms with Crippen LogP contribution in [0.25, 0.3) is 11.1 Å². The third-order valence-electron chi connectivity index (χ3n) is 2.96. The second kappa shape index (κ2) is 4.73. The van der Waals surface area contributed by atoms with Gasteiger partial charge in [0.15, 0.2) is 5.58 Å². The molecule has 7 heteroatoms. The van der Waals surface area contributed by atoms with Crippen LogP contribution >= 0.6 is 0 Å².